The summed E-state index contributed by atoms with van der Waals surface area (Å²) < 4.78 is 4.78. The monoisotopic (exact) mass is 294 g/mol. The molecule has 0 N–H and O–H groups in total. The van der Waals surface area contributed by atoms with Gasteiger partial charge in [0, 0.05) is 6.08 Å². The molecule has 112 valence electrons. The van der Waals surface area contributed by atoms with Gasteiger partial charge in [-0.1, -0.05) is 71.0 Å². The van der Waals surface area contributed by atoms with E-state index in [1.807, 2.05) is 0 Å². The summed E-state index contributed by atoms with van der Waals surface area (Å²) in [5.41, 5.74) is 0. The number of hydrogen-bond acceptors (Lipinski definition) is 2. The number of carbonyl (C=O) groups excluding carboxylic acids is 1. The minimum absolute atomic E-state index is 0.104. The lowest BCUT2D eigenvalue weighted by atomic mass is 10.2. The van der Waals surface area contributed by atoms with Gasteiger partial charge in [0.1, 0.15) is 0 Å². The number of ether oxygens (including phenoxy) is 1. The first-order valence-electron chi connectivity index (χ1n) is 7.13. The molecular weight excluding hydrogens is 267 g/mol. The summed E-state index contributed by atoms with van der Waals surface area (Å²) in [5.74, 6) is -0.318. The molecule has 0 atom stereocenters. The van der Waals surface area contributed by atoms with Crippen LogP contribution in [-0.2, 0) is 9.53 Å². The molecule has 0 aromatic heterocycles. The van der Waals surface area contributed by atoms with E-state index in [-0.39, 0.29) is 13.9 Å². The van der Waals surface area contributed by atoms with Gasteiger partial charge in [0.15, 0.2) is 0 Å². The van der Waals surface area contributed by atoms with Gasteiger partial charge in [0.25, 0.3) is 0 Å². The van der Waals surface area contributed by atoms with Crippen molar-refractivity contribution in [2.24, 2.45) is 0 Å². The first-order chi connectivity index (χ1) is 9.61. The fourth-order valence-corrected chi connectivity index (χ4v) is 2.26. The van der Waals surface area contributed by atoms with Crippen molar-refractivity contribution in [3.63, 3.8) is 0 Å². The maximum atomic E-state index is 10.5. The molecule has 0 heterocycles. The van der Waals surface area contributed by atoms with E-state index in [2.05, 4.69) is 57.2 Å². The van der Waals surface area contributed by atoms with E-state index in [0.29, 0.717) is 6.61 Å². The van der Waals surface area contributed by atoms with Crippen LogP contribution in [0.5, 0.6) is 0 Å². The van der Waals surface area contributed by atoms with Gasteiger partial charge in [0.05, 0.1) is 6.61 Å². The fraction of sp³-hybridized carbons (Fsp3) is 0.471. The molecule has 0 amide bonds. The third kappa shape index (κ3) is 10.8. The summed E-state index contributed by atoms with van der Waals surface area (Å²) >= 11 is 0. The second-order valence-electron chi connectivity index (χ2n) is 4.66. The summed E-state index contributed by atoms with van der Waals surface area (Å²) in [6.07, 6.45) is 5.72. The number of hydrogen-bond donors (Lipinski definition) is 0. The Kier molecular flexibility index (Phi) is 12.1. The Labute approximate surface area is 125 Å². The minimum atomic E-state index is -0.318. The molecule has 1 rings (SSSR count). The molecule has 20 heavy (non-hydrogen) atoms. The molecule has 2 nitrogen and oxygen atoms in total. The van der Waals surface area contributed by atoms with E-state index in [9.17, 15) is 4.79 Å². The van der Waals surface area contributed by atoms with Crippen LogP contribution in [0.25, 0.3) is 0 Å². The summed E-state index contributed by atoms with van der Waals surface area (Å²) in [4.78, 5) is 10.5. The first kappa shape index (κ1) is 18.9. The zero-order valence-electron chi connectivity index (χ0n) is 13.0. The summed E-state index contributed by atoms with van der Waals surface area (Å²) in [5, 5.41) is 1.48. The van der Waals surface area contributed by atoms with Crippen LogP contribution in [0.2, 0.25) is 0 Å². The summed E-state index contributed by atoms with van der Waals surface area (Å²) in [6.45, 7) is 10.5. The van der Waals surface area contributed by atoms with E-state index in [4.69, 9.17) is 4.74 Å². The highest BCUT2D eigenvalue weighted by atomic mass is 31.1. The molecule has 1 aromatic carbocycles. The lowest BCUT2D eigenvalue weighted by Crippen LogP contribution is -2.01. The van der Waals surface area contributed by atoms with Gasteiger partial charge in [0.2, 0.25) is 0 Å². The second kappa shape index (κ2) is 12.9. The van der Waals surface area contributed by atoms with E-state index in [1.165, 1.54) is 24.2 Å². The predicted octanol–water partition coefficient (Wildman–Crippen LogP) is 4.35. The van der Waals surface area contributed by atoms with Crippen LogP contribution >= 0.6 is 7.92 Å². The van der Waals surface area contributed by atoms with Crippen molar-refractivity contribution in [2.75, 3.05) is 19.9 Å². The number of carbonyl (C=O) groups is 1. The molecule has 0 spiro atoms. The molecule has 3 heteroatoms. The molecule has 0 saturated carbocycles. The van der Waals surface area contributed by atoms with Crippen LogP contribution in [0.4, 0.5) is 0 Å². The molecule has 0 aliphatic rings. The van der Waals surface area contributed by atoms with Gasteiger partial charge < -0.3 is 4.74 Å². The van der Waals surface area contributed by atoms with Crippen LogP contribution < -0.4 is 5.30 Å². The molecule has 0 saturated heterocycles. The van der Waals surface area contributed by atoms with E-state index >= 15 is 0 Å². The molecule has 0 aliphatic carbocycles. The summed E-state index contributed by atoms with van der Waals surface area (Å²) in [6, 6.07) is 10.6. The Morgan fingerprint density at radius 2 is 1.85 bits per heavy atom. The van der Waals surface area contributed by atoms with Crippen molar-refractivity contribution >= 4 is 19.2 Å². The molecule has 0 unspecified atom stereocenters. The molecule has 1 aromatic rings. The van der Waals surface area contributed by atoms with Gasteiger partial charge in [-0.3, -0.25) is 0 Å². The molecule has 0 radical (unpaired) electrons. The predicted molar refractivity (Wildman–Crippen MR) is 90.1 cm³/mol. The standard InChI is InChI=1S/C9H16O2.C8H11P/c1-3-5-6-7-8-11-9(10)4-2;1-9(2)8-6-4-3-5-7-8/h4H,2-3,5-8H2,1H3;3-7H,1-2H3. The highest BCUT2D eigenvalue weighted by Gasteiger charge is 1.93. The maximum absolute atomic E-state index is 10.5. The van der Waals surface area contributed by atoms with Crippen molar-refractivity contribution in [3.05, 3.63) is 43.0 Å². The van der Waals surface area contributed by atoms with E-state index in [0.717, 1.165) is 12.8 Å². The van der Waals surface area contributed by atoms with Crippen LogP contribution in [0.3, 0.4) is 0 Å². The Morgan fingerprint density at radius 1 is 1.20 bits per heavy atom. The quantitative estimate of drug-likeness (QED) is 0.323. The number of unbranched alkanes of at least 4 members (excludes halogenated alkanes) is 3. The average Bonchev–Trinajstić information content (AvgIpc) is 2.48. The highest BCUT2D eigenvalue weighted by Crippen LogP contribution is 2.22. The Morgan fingerprint density at radius 3 is 2.30 bits per heavy atom. The van der Waals surface area contributed by atoms with Gasteiger partial charge in [-0.15, -0.1) is 0 Å². The lowest BCUT2D eigenvalue weighted by molar-refractivity contribution is -0.137. The van der Waals surface area contributed by atoms with Crippen molar-refractivity contribution in [2.45, 2.75) is 32.6 Å². The van der Waals surface area contributed by atoms with Crippen LogP contribution in [0.15, 0.2) is 43.0 Å². The fourth-order valence-electron chi connectivity index (χ4n) is 1.49. The van der Waals surface area contributed by atoms with Gasteiger partial charge >= 0.3 is 5.97 Å². The zero-order chi connectivity index (χ0) is 15.2. The van der Waals surface area contributed by atoms with Gasteiger partial charge in [-0.25, -0.2) is 4.79 Å². The molecule has 0 fully saturated rings. The minimum Gasteiger partial charge on any atom is -0.463 e. The smallest absolute Gasteiger partial charge is 0.330 e. The Balaban J connectivity index is 0.000000367. The Hall–Kier alpha value is -1.14. The van der Waals surface area contributed by atoms with E-state index in [1.54, 1.807) is 0 Å². The SMILES string of the molecule is C=CC(=O)OCCCCCC.CP(C)c1ccccc1. The van der Waals surface area contributed by atoms with Crippen molar-refractivity contribution in [1.29, 1.82) is 0 Å². The van der Waals surface area contributed by atoms with Gasteiger partial charge in [-0.2, -0.15) is 0 Å². The van der Waals surface area contributed by atoms with Crippen LogP contribution in [0.1, 0.15) is 32.6 Å². The largest absolute Gasteiger partial charge is 0.463 e. The third-order valence-corrected chi connectivity index (χ3v) is 4.01. The molecular formula is C17H27O2P. The summed E-state index contributed by atoms with van der Waals surface area (Å²) in [7, 11) is 0.104. The Bertz CT molecular complexity index is 361. The average molecular weight is 294 g/mol. The van der Waals surface area contributed by atoms with Crippen molar-refractivity contribution in [3.8, 4) is 0 Å². The molecule has 0 bridgehead atoms. The van der Waals surface area contributed by atoms with Gasteiger partial charge in [-0.05, 0) is 25.1 Å². The van der Waals surface area contributed by atoms with Crippen LogP contribution in [-0.4, -0.2) is 25.9 Å². The number of benzene rings is 1. The number of rotatable bonds is 7. The van der Waals surface area contributed by atoms with Crippen molar-refractivity contribution in [1.82, 2.24) is 0 Å². The first-order valence-corrected chi connectivity index (χ1v) is 9.37. The van der Waals surface area contributed by atoms with Crippen LogP contribution in [0, 0.1) is 0 Å². The third-order valence-electron chi connectivity index (χ3n) is 2.68. The zero-order valence-corrected chi connectivity index (χ0v) is 13.9. The normalized spacial score (nSPS) is 9.60. The lowest BCUT2D eigenvalue weighted by Gasteiger charge is -2.02. The topological polar surface area (TPSA) is 26.3 Å². The van der Waals surface area contributed by atoms with E-state index < -0.39 is 0 Å². The highest BCUT2D eigenvalue weighted by molar-refractivity contribution is 7.64. The number of esters is 1. The maximum Gasteiger partial charge on any atom is 0.330 e. The molecule has 0 aliphatic heterocycles. The second-order valence-corrected chi connectivity index (χ2v) is 6.97. The van der Waals surface area contributed by atoms with Crippen molar-refractivity contribution < 1.29 is 9.53 Å².